The van der Waals surface area contributed by atoms with Gasteiger partial charge >= 0.3 is 0 Å². The SMILES string of the molecule is CCC(C)(O)COc1ccccc1CNC(C)(C)C. The number of nitrogens with one attached hydrogen (secondary N) is 1. The molecule has 0 radical (unpaired) electrons. The average molecular weight is 265 g/mol. The van der Waals surface area contributed by atoms with E-state index in [1.165, 1.54) is 0 Å². The van der Waals surface area contributed by atoms with Crippen LogP contribution in [0.15, 0.2) is 24.3 Å². The van der Waals surface area contributed by atoms with Gasteiger partial charge in [-0.2, -0.15) is 0 Å². The molecule has 1 atom stereocenters. The predicted octanol–water partition coefficient (Wildman–Crippen LogP) is 3.11. The summed E-state index contributed by atoms with van der Waals surface area (Å²) in [7, 11) is 0. The molecule has 19 heavy (non-hydrogen) atoms. The Bertz CT molecular complexity index is 394. The fraction of sp³-hybridized carbons (Fsp3) is 0.625. The van der Waals surface area contributed by atoms with Gasteiger partial charge in [-0.1, -0.05) is 25.1 Å². The van der Waals surface area contributed by atoms with Gasteiger partial charge in [0.1, 0.15) is 12.4 Å². The van der Waals surface area contributed by atoms with Crippen molar-refractivity contribution in [3.8, 4) is 5.75 Å². The molecule has 0 aliphatic rings. The van der Waals surface area contributed by atoms with E-state index in [9.17, 15) is 5.11 Å². The lowest BCUT2D eigenvalue weighted by Gasteiger charge is -2.24. The van der Waals surface area contributed by atoms with Gasteiger partial charge in [0.2, 0.25) is 0 Å². The van der Waals surface area contributed by atoms with Crippen LogP contribution in [0.2, 0.25) is 0 Å². The largest absolute Gasteiger partial charge is 0.490 e. The van der Waals surface area contributed by atoms with Gasteiger partial charge in [0.15, 0.2) is 0 Å². The molecule has 1 unspecified atom stereocenters. The molecule has 0 saturated heterocycles. The van der Waals surface area contributed by atoms with Crippen molar-refractivity contribution in [2.24, 2.45) is 0 Å². The number of ether oxygens (including phenoxy) is 1. The van der Waals surface area contributed by atoms with Crippen LogP contribution in [-0.4, -0.2) is 22.9 Å². The monoisotopic (exact) mass is 265 g/mol. The second-order valence-corrected chi connectivity index (χ2v) is 6.35. The molecule has 3 nitrogen and oxygen atoms in total. The minimum atomic E-state index is -0.773. The zero-order valence-corrected chi connectivity index (χ0v) is 12.8. The Kier molecular flexibility index (Phi) is 5.39. The summed E-state index contributed by atoms with van der Waals surface area (Å²) in [5.74, 6) is 0.841. The van der Waals surface area contributed by atoms with Crippen molar-refractivity contribution >= 4 is 0 Å². The molecule has 0 aliphatic heterocycles. The Morgan fingerprint density at radius 1 is 1.16 bits per heavy atom. The summed E-state index contributed by atoms with van der Waals surface area (Å²) in [6.07, 6.45) is 0.676. The molecule has 1 rings (SSSR count). The van der Waals surface area contributed by atoms with E-state index >= 15 is 0 Å². The minimum Gasteiger partial charge on any atom is -0.490 e. The highest BCUT2D eigenvalue weighted by Gasteiger charge is 2.19. The Hall–Kier alpha value is -1.06. The number of para-hydroxylation sites is 1. The molecule has 0 heterocycles. The maximum Gasteiger partial charge on any atom is 0.123 e. The average Bonchev–Trinajstić information content (AvgIpc) is 2.34. The van der Waals surface area contributed by atoms with Gasteiger partial charge in [-0.3, -0.25) is 0 Å². The highest BCUT2D eigenvalue weighted by molar-refractivity contribution is 5.33. The minimum absolute atomic E-state index is 0.0715. The zero-order chi connectivity index (χ0) is 14.5. The molecular weight excluding hydrogens is 238 g/mol. The van der Waals surface area contributed by atoms with E-state index in [4.69, 9.17) is 4.74 Å². The molecule has 2 N–H and O–H groups in total. The van der Waals surface area contributed by atoms with Crippen LogP contribution in [0, 0.1) is 0 Å². The maximum atomic E-state index is 9.99. The van der Waals surface area contributed by atoms with E-state index in [-0.39, 0.29) is 5.54 Å². The molecule has 1 aromatic carbocycles. The van der Waals surface area contributed by atoms with Crippen molar-refractivity contribution in [2.45, 2.75) is 58.7 Å². The van der Waals surface area contributed by atoms with Crippen molar-refractivity contribution in [1.29, 1.82) is 0 Å². The first kappa shape index (κ1) is 16.0. The molecule has 1 aromatic rings. The van der Waals surface area contributed by atoms with Crippen LogP contribution < -0.4 is 10.1 Å². The van der Waals surface area contributed by atoms with Gasteiger partial charge in [0, 0.05) is 17.6 Å². The van der Waals surface area contributed by atoms with Crippen LogP contribution in [0.5, 0.6) is 5.75 Å². The van der Waals surface area contributed by atoms with Gasteiger partial charge in [-0.05, 0) is 40.2 Å². The summed E-state index contributed by atoms with van der Waals surface area (Å²) in [5, 5.41) is 13.4. The molecule has 0 aromatic heterocycles. The first-order chi connectivity index (χ1) is 8.73. The van der Waals surface area contributed by atoms with Crippen molar-refractivity contribution in [1.82, 2.24) is 5.32 Å². The fourth-order valence-corrected chi connectivity index (χ4v) is 1.49. The fourth-order valence-electron chi connectivity index (χ4n) is 1.49. The van der Waals surface area contributed by atoms with Gasteiger partial charge < -0.3 is 15.2 Å². The third-order valence-electron chi connectivity index (χ3n) is 3.08. The van der Waals surface area contributed by atoms with Crippen LogP contribution in [0.1, 0.15) is 46.6 Å². The summed E-state index contributed by atoms with van der Waals surface area (Å²) < 4.78 is 5.77. The zero-order valence-electron chi connectivity index (χ0n) is 12.8. The van der Waals surface area contributed by atoms with E-state index in [1.807, 2.05) is 25.1 Å². The molecule has 3 heteroatoms. The van der Waals surface area contributed by atoms with E-state index in [2.05, 4.69) is 32.2 Å². The maximum absolute atomic E-state index is 9.99. The Morgan fingerprint density at radius 2 is 1.79 bits per heavy atom. The molecule has 0 aliphatic carbocycles. The second kappa shape index (κ2) is 6.40. The first-order valence-electron chi connectivity index (χ1n) is 6.92. The third-order valence-corrected chi connectivity index (χ3v) is 3.08. The highest BCUT2D eigenvalue weighted by Crippen LogP contribution is 2.21. The molecular formula is C16H27NO2. The molecule has 0 amide bonds. The lowest BCUT2D eigenvalue weighted by molar-refractivity contribution is 0.00813. The van der Waals surface area contributed by atoms with Crippen LogP contribution in [0.25, 0.3) is 0 Å². The summed E-state index contributed by atoms with van der Waals surface area (Å²) in [4.78, 5) is 0. The van der Waals surface area contributed by atoms with Crippen LogP contribution in [-0.2, 0) is 6.54 Å². The summed E-state index contributed by atoms with van der Waals surface area (Å²) in [6, 6.07) is 7.96. The van der Waals surface area contributed by atoms with Gasteiger partial charge in [-0.15, -0.1) is 0 Å². The molecule has 0 spiro atoms. The molecule has 108 valence electrons. The number of aliphatic hydroxyl groups is 1. The normalized spacial score (nSPS) is 15.1. The Labute approximate surface area is 117 Å². The van der Waals surface area contributed by atoms with E-state index < -0.39 is 5.60 Å². The standard InChI is InChI=1S/C16H27NO2/c1-6-16(5,18)12-19-14-10-8-7-9-13(14)11-17-15(2,3)4/h7-10,17-18H,6,11-12H2,1-5H3. The van der Waals surface area contributed by atoms with Crippen molar-refractivity contribution in [3.05, 3.63) is 29.8 Å². The Balaban J connectivity index is 2.68. The van der Waals surface area contributed by atoms with Crippen molar-refractivity contribution < 1.29 is 9.84 Å². The number of rotatable bonds is 6. The molecule has 0 fully saturated rings. The predicted molar refractivity (Wildman–Crippen MR) is 79.4 cm³/mol. The van der Waals surface area contributed by atoms with Crippen LogP contribution in [0.3, 0.4) is 0 Å². The van der Waals surface area contributed by atoms with E-state index in [1.54, 1.807) is 6.92 Å². The number of hydrogen-bond acceptors (Lipinski definition) is 3. The van der Waals surface area contributed by atoms with E-state index in [0.717, 1.165) is 17.9 Å². The number of hydrogen-bond donors (Lipinski definition) is 2. The van der Waals surface area contributed by atoms with Crippen molar-refractivity contribution in [2.75, 3.05) is 6.61 Å². The summed E-state index contributed by atoms with van der Waals surface area (Å²) in [6.45, 7) is 11.2. The van der Waals surface area contributed by atoms with Crippen LogP contribution >= 0.6 is 0 Å². The first-order valence-corrected chi connectivity index (χ1v) is 6.92. The smallest absolute Gasteiger partial charge is 0.123 e. The highest BCUT2D eigenvalue weighted by atomic mass is 16.5. The second-order valence-electron chi connectivity index (χ2n) is 6.35. The Morgan fingerprint density at radius 3 is 2.37 bits per heavy atom. The topological polar surface area (TPSA) is 41.5 Å². The van der Waals surface area contributed by atoms with E-state index in [0.29, 0.717) is 13.0 Å². The molecule has 0 saturated carbocycles. The van der Waals surface area contributed by atoms with Crippen molar-refractivity contribution in [3.63, 3.8) is 0 Å². The van der Waals surface area contributed by atoms with Gasteiger partial charge in [-0.25, -0.2) is 0 Å². The number of benzene rings is 1. The van der Waals surface area contributed by atoms with Gasteiger partial charge in [0.25, 0.3) is 0 Å². The summed E-state index contributed by atoms with van der Waals surface area (Å²) >= 11 is 0. The lowest BCUT2D eigenvalue weighted by atomic mass is 10.1. The van der Waals surface area contributed by atoms with Gasteiger partial charge in [0.05, 0.1) is 5.60 Å². The molecule has 0 bridgehead atoms. The quantitative estimate of drug-likeness (QED) is 0.830. The summed E-state index contributed by atoms with van der Waals surface area (Å²) in [5.41, 5.74) is 0.413. The van der Waals surface area contributed by atoms with Crippen LogP contribution in [0.4, 0.5) is 0 Å². The lowest BCUT2D eigenvalue weighted by Crippen LogP contribution is -2.35. The third kappa shape index (κ3) is 6.08.